The summed E-state index contributed by atoms with van der Waals surface area (Å²) >= 11 is 1.28. The predicted octanol–water partition coefficient (Wildman–Crippen LogP) is 4.29. The highest BCUT2D eigenvalue weighted by Gasteiger charge is 2.20. The number of hydrogen-bond acceptors (Lipinski definition) is 6. The van der Waals surface area contributed by atoms with Gasteiger partial charge in [-0.25, -0.2) is 14.4 Å². The third-order valence-corrected chi connectivity index (χ3v) is 6.25. The van der Waals surface area contributed by atoms with Crippen molar-refractivity contribution in [1.82, 2.24) is 9.97 Å². The van der Waals surface area contributed by atoms with Gasteiger partial charge in [0.1, 0.15) is 11.6 Å². The van der Waals surface area contributed by atoms with E-state index < -0.39 is 0 Å². The summed E-state index contributed by atoms with van der Waals surface area (Å²) in [5.74, 6) is 0.540. The second-order valence-corrected chi connectivity index (χ2v) is 8.75. The Labute approximate surface area is 191 Å². The Morgan fingerprint density at radius 3 is 2.50 bits per heavy atom. The summed E-state index contributed by atoms with van der Waals surface area (Å²) in [6, 6.07) is 14.2. The van der Waals surface area contributed by atoms with Gasteiger partial charge in [0.05, 0.1) is 5.75 Å². The molecule has 0 unspecified atom stereocenters. The molecule has 0 saturated carbocycles. The van der Waals surface area contributed by atoms with Crippen LogP contribution in [0.5, 0.6) is 0 Å². The van der Waals surface area contributed by atoms with E-state index in [1.165, 1.54) is 52.8 Å². The number of hydrogen-bond donors (Lipinski definition) is 1. The lowest BCUT2D eigenvalue weighted by Gasteiger charge is -2.37. The van der Waals surface area contributed by atoms with Crippen molar-refractivity contribution >= 4 is 34.9 Å². The smallest absolute Gasteiger partial charge is 0.234 e. The van der Waals surface area contributed by atoms with Gasteiger partial charge in [0, 0.05) is 43.8 Å². The van der Waals surface area contributed by atoms with Crippen LogP contribution in [0.2, 0.25) is 0 Å². The standard InChI is InChI=1S/C24H26FN5OS/c1-17-3-4-18(2)21(15-17)29-11-13-30(14-12-29)22-9-10-26-24(28-22)32-16-23(31)27-20-7-5-19(25)6-8-20/h3-10,15H,11-14,16H2,1-2H3,(H,27,31). The van der Waals surface area contributed by atoms with Crippen LogP contribution in [0.25, 0.3) is 0 Å². The molecule has 0 aliphatic carbocycles. The molecule has 0 bridgehead atoms. The minimum atomic E-state index is -0.336. The lowest BCUT2D eigenvalue weighted by atomic mass is 10.1. The first-order chi connectivity index (χ1) is 15.5. The molecule has 1 aliphatic heterocycles. The van der Waals surface area contributed by atoms with Gasteiger partial charge < -0.3 is 15.1 Å². The second kappa shape index (κ2) is 9.99. The van der Waals surface area contributed by atoms with Crippen molar-refractivity contribution in [1.29, 1.82) is 0 Å². The Bertz CT molecular complexity index is 1080. The fraction of sp³-hybridized carbons (Fsp3) is 0.292. The summed E-state index contributed by atoms with van der Waals surface area (Å²) in [5.41, 5.74) is 4.43. The first-order valence-corrected chi connectivity index (χ1v) is 11.5. The molecule has 1 aliphatic rings. The number of benzene rings is 2. The van der Waals surface area contributed by atoms with Crippen molar-refractivity contribution in [2.45, 2.75) is 19.0 Å². The zero-order valence-electron chi connectivity index (χ0n) is 18.2. The minimum absolute atomic E-state index is 0.182. The molecular weight excluding hydrogens is 425 g/mol. The van der Waals surface area contributed by atoms with E-state index in [0.29, 0.717) is 10.8 Å². The number of carbonyl (C=O) groups excluding carboxylic acids is 1. The van der Waals surface area contributed by atoms with Crippen molar-refractivity contribution < 1.29 is 9.18 Å². The summed E-state index contributed by atoms with van der Waals surface area (Å²) in [6.07, 6.45) is 1.74. The number of amides is 1. The van der Waals surface area contributed by atoms with Gasteiger partial charge in [0.25, 0.3) is 0 Å². The number of nitrogens with zero attached hydrogens (tertiary/aromatic N) is 4. The number of halogens is 1. The second-order valence-electron chi connectivity index (χ2n) is 7.81. The molecule has 1 N–H and O–H groups in total. The van der Waals surface area contributed by atoms with Crippen molar-refractivity contribution in [2.75, 3.05) is 47.0 Å². The quantitative estimate of drug-likeness (QED) is 0.446. The van der Waals surface area contributed by atoms with E-state index in [9.17, 15) is 9.18 Å². The topological polar surface area (TPSA) is 61.4 Å². The van der Waals surface area contributed by atoms with Crippen LogP contribution in [0.3, 0.4) is 0 Å². The normalized spacial score (nSPS) is 13.8. The maximum atomic E-state index is 13.0. The van der Waals surface area contributed by atoms with E-state index in [1.807, 2.05) is 6.07 Å². The molecule has 1 saturated heterocycles. The summed E-state index contributed by atoms with van der Waals surface area (Å²) < 4.78 is 13.0. The molecular formula is C24H26FN5OS. The van der Waals surface area contributed by atoms with Gasteiger partial charge in [-0.05, 0) is 61.4 Å². The summed E-state index contributed by atoms with van der Waals surface area (Å²) in [7, 11) is 0. The Hall–Kier alpha value is -3.13. The number of aryl methyl sites for hydroxylation is 2. The van der Waals surface area contributed by atoms with Gasteiger partial charge in [-0.2, -0.15) is 0 Å². The number of nitrogens with one attached hydrogen (secondary N) is 1. The number of thioether (sulfide) groups is 1. The van der Waals surface area contributed by atoms with Gasteiger partial charge in [-0.15, -0.1) is 0 Å². The summed E-state index contributed by atoms with van der Waals surface area (Å²) in [4.78, 5) is 25.8. The van der Waals surface area contributed by atoms with Gasteiger partial charge >= 0.3 is 0 Å². The lowest BCUT2D eigenvalue weighted by Crippen LogP contribution is -2.47. The molecule has 6 nitrogen and oxygen atoms in total. The van der Waals surface area contributed by atoms with Crippen molar-refractivity contribution in [3.05, 3.63) is 71.7 Å². The average Bonchev–Trinajstić information content (AvgIpc) is 2.81. The molecule has 2 heterocycles. The van der Waals surface area contributed by atoms with Gasteiger partial charge in [-0.3, -0.25) is 4.79 Å². The largest absolute Gasteiger partial charge is 0.368 e. The van der Waals surface area contributed by atoms with Crippen LogP contribution in [0, 0.1) is 19.7 Å². The van der Waals surface area contributed by atoms with E-state index in [4.69, 9.17) is 0 Å². The molecule has 1 fully saturated rings. The Kier molecular flexibility index (Phi) is 6.90. The molecule has 1 aromatic heterocycles. The SMILES string of the molecule is Cc1ccc(C)c(N2CCN(c3ccnc(SCC(=O)Nc4ccc(F)cc4)n3)CC2)c1. The Balaban J connectivity index is 1.31. The van der Waals surface area contributed by atoms with E-state index in [2.05, 4.69) is 57.1 Å². The monoisotopic (exact) mass is 451 g/mol. The number of anilines is 3. The molecule has 32 heavy (non-hydrogen) atoms. The minimum Gasteiger partial charge on any atom is -0.368 e. The highest BCUT2D eigenvalue weighted by atomic mass is 32.2. The Morgan fingerprint density at radius 2 is 1.75 bits per heavy atom. The van der Waals surface area contributed by atoms with Crippen LogP contribution in [-0.4, -0.2) is 47.8 Å². The molecule has 0 radical (unpaired) electrons. The van der Waals surface area contributed by atoms with Crippen LogP contribution >= 0.6 is 11.8 Å². The molecule has 166 valence electrons. The van der Waals surface area contributed by atoms with Gasteiger partial charge in [-0.1, -0.05) is 23.9 Å². The Morgan fingerprint density at radius 1 is 1.03 bits per heavy atom. The van der Waals surface area contributed by atoms with Crippen molar-refractivity contribution in [3.8, 4) is 0 Å². The van der Waals surface area contributed by atoms with Crippen LogP contribution in [0.15, 0.2) is 59.9 Å². The van der Waals surface area contributed by atoms with Crippen LogP contribution in [-0.2, 0) is 4.79 Å². The maximum absolute atomic E-state index is 13.0. The molecule has 4 rings (SSSR count). The van der Waals surface area contributed by atoms with Crippen LogP contribution < -0.4 is 15.1 Å². The molecule has 0 atom stereocenters. The molecule has 1 amide bonds. The molecule has 8 heteroatoms. The first kappa shape index (κ1) is 22.1. The number of carbonyl (C=O) groups is 1. The zero-order chi connectivity index (χ0) is 22.5. The lowest BCUT2D eigenvalue weighted by molar-refractivity contribution is -0.113. The van der Waals surface area contributed by atoms with Gasteiger partial charge in [0.15, 0.2) is 5.16 Å². The van der Waals surface area contributed by atoms with E-state index in [-0.39, 0.29) is 17.5 Å². The van der Waals surface area contributed by atoms with Crippen LogP contribution in [0.4, 0.5) is 21.6 Å². The van der Waals surface area contributed by atoms with Crippen LogP contribution in [0.1, 0.15) is 11.1 Å². The van der Waals surface area contributed by atoms with E-state index in [0.717, 1.165) is 32.0 Å². The van der Waals surface area contributed by atoms with Gasteiger partial charge in [0.2, 0.25) is 5.91 Å². The van der Waals surface area contributed by atoms with Crippen molar-refractivity contribution in [3.63, 3.8) is 0 Å². The summed E-state index contributed by atoms with van der Waals surface area (Å²) in [5, 5.41) is 3.31. The molecule has 2 aromatic carbocycles. The highest BCUT2D eigenvalue weighted by molar-refractivity contribution is 7.99. The molecule has 0 spiro atoms. The van der Waals surface area contributed by atoms with E-state index >= 15 is 0 Å². The van der Waals surface area contributed by atoms with Crippen molar-refractivity contribution in [2.24, 2.45) is 0 Å². The van der Waals surface area contributed by atoms with E-state index in [1.54, 1.807) is 6.20 Å². The maximum Gasteiger partial charge on any atom is 0.234 e. The number of rotatable bonds is 6. The number of piperazine rings is 1. The fourth-order valence-electron chi connectivity index (χ4n) is 3.67. The fourth-order valence-corrected chi connectivity index (χ4v) is 4.30. The first-order valence-electron chi connectivity index (χ1n) is 10.6. The average molecular weight is 452 g/mol. The zero-order valence-corrected chi connectivity index (χ0v) is 19.0. The highest BCUT2D eigenvalue weighted by Crippen LogP contribution is 2.25. The molecule has 3 aromatic rings. The number of aromatic nitrogens is 2. The predicted molar refractivity (Wildman–Crippen MR) is 128 cm³/mol. The third kappa shape index (κ3) is 5.56. The third-order valence-electron chi connectivity index (χ3n) is 5.39. The summed E-state index contributed by atoms with van der Waals surface area (Å²) in [6.45, 7) is 7.88.